The maximum Gasteiger partial charge on any atom is 0.256 e. The molecule has 0 saturated carbocycles. The number of nitrogens with zero attached hydrogens (tertiary/aromatic N) is 2. The Hall–Kier alpha value is -1.42. The molecule has 100 valence electrons. The standard InChI is InChI=1S/C15H17BrN2O/c1-2-18(11-5-9-16)15(19)13-8-3-6-12-7-4-10-17-14(12)13/h3-4,6-8,10H,2,5,9,11H2,1H3. The van der Waals surface area contributed by atoms with Gasteiger partial charge in [-0.15, -0.1) is 0 Å². The third kappa shape index (κ3) is 3.13. The lowest BCUT2D eigenvalue weighted by atomic mass is 10.1. The average Bonchev–Trinajstić information content (AvgIpc) is 2.47. The second kappa shape index (κ2) is 6.66. The van der Waals surface area contributed by atoms with E-state index in [4.69, 9.17) is 0 Å². The van der Waals surface area contributed by atoms with E-state index in [1.807, 2.05) is 42.2 Å². The van der Waals surface area contributed by atoms with Gasteiger partial charge in [0.15, 0.2) is 0 Å². The Morgan fingerprint density at radius 3 is 2.84 bits per heavy atom. The molecule has 1 aromatic carbocycles. The zero-order valence-electron chi connectivity index (χ0n) is 11.0. The summed E-state index contributed by atoms with van der Waals surface area (Å²) in [7, 11) is 0. The lowest BCUT2D eigenvalue weighted by Gasteiger charge is -2.21. The highest BCUT2D eigenvalue weighted by Gasteiger charge is 2.16. The van der Waals surface area contributed by atoms with Gasteiger partial charge in [0, 0.05) is 30.0 Å². The first-order chi connectivity index (χ1) is 9.27. The first kappa shape index (κ1) is 14.0. The number of para-hydroxylation sites is 1. The predicted octanol–water partition coefficient (Wildman–Crippen LogP) is 3.48. The molecule has 0 saturated heterocycles. The number of halogens is 1. The van der Waals surface area contributed by atoms with Crippen molar-refractivity contribution >= 4 is 32.7 Å². The Kier molecular flexibility index (Phi) is 4.91. The molecule has 4 heteroatoms. The Morgan fingerprint density at radius 1 is 1.32 bits per heavy atom. The van der Waals surface area contributed by atoms with E-state index in [2.05, 4.69) is 20.9 Å². The van der Waals surface area contributed by atoms with Crippen molar-refractivity contribution < 1.29 is 4.79 Å². The van der Waals surface area contributed by atoms with Gasteiger partial charge < -0.3 is 4.90 Å². The maximum atomic E-state index is 12.6. The molecule has 1 amide bonds. The van der Waals surface area contributed by atoms with E-state index in [0.717, 1.165) is 35.7 Å². The van der Waals surface area contributed by atoms with Crippen LogP contribution in [0.15, 0.2) is 36.5 Å². The molecule has 1 heterocycles. The second-order valence-electron chi connectivity index (χ2n) is 4.31. The fraction of sp³-hybridized carbons (Fsp3) is 0.333. The molecular formula is C15H17BrN2O. The monoisotopic (exact) mass is 320 g/mol. The molecule has 0 aliphatic heterocycles. The molecule has 1 aromatic heterocycles. The highest BCUT2D eigenvalue weighted by molar-refractivity contribution is 9.09. The van der Waals surface area contributed by atoms with Gasteiger partial charge >= 0.3 is 0 Å². The van der Waals surface area contributed by atoms with E-state index in [-0.39, 0.29) is 5.91 Å². The molecule has 2 aromatic rings. The van der Waals surface area contributed by atoms with Gasteiger partial charge in [0.05, 0.1) is 11.1 Å². The quantitative estimate of drug-likeness (QED) is 0.790. The van der Waals surface area contributed by atoms with Crippen LogP contribution in [0.5, 0.6) is 0 Å². The minimum Gasteiger partial charge on any atom is -0.339 e. The van der Waals surface area contributed by atoms with Crippen LogP contribution in [-0.4, -0.2) is 34.2 Å². The first-order valence-electron chi connectivity index (χ1n) is 6.47. The highest BCUT2D eigenvalue weighted by atomic mass is 79.9. The number of hydrogen-bond acceptors (Lipinski definition) is 2. The Morgan fingerprint density at radius 2 is 2.11 bits per heavy atom. The molecule has 0 unspecified atom stereocenters. The van der Waals surface area contributed by atoms with Crippen LogP contribution in [0.3, 0.4) is 0 Å². The average molecular weight is 321 g/mol. The van der Waals surface area contributed by atoms with Crippen LogP contribution in [-0.2, 0) is 0 Å². The highest BCUT2D eigenvalue weighted by Crippen LogP contribution is 2.17. The second-order valence-corrected chi connectivity index (χ2v) is 5.10. The Labute approximate surface area is 121 Å². The van der Waals surface area contributed by atoms with E-state index < -0.39 is 0 Å². The summed E-state index contributed by atoms with van der Waals surface area (Å²) in [5.41, 5.74) is 1.47. The fourth-order valence-corrected chi connectivity index (χ4v) is 2.35. The largest absolute Gasteiger partial charge is 0.339 e. The summed E-state index contributed by atoms with van der Waals surface area (Å²) in [6.45, 7) is 3.49. The van der Waals surface area contributed by atoms with Crippen molar-refractivity contribution in [3.05, 3.63) is 42.1 Å². The number of rotatable bonds is 5. The topological polar surface area (TPSA) is 33.2 Å². The van der Waals surface area contributed by atoms with Gasteiger partial charge in [0.25, 0.3) is 5.91 Å². The summed E-state index contributed by atoms with van der Waals surface area (Å²) in [5, 5.41) is 1.91. The zero-order valence-corrected chi connectivity index (χ0v) is 12.6. The molecule has 0 atom stereocenters. The number of carbonyl (C=O) groups is 1. The molecule has 0 aliphatic rings. The summed E-state index contributed by atoms with van der Waals surface area (Å²) >= 11 is 3.40. The van der Waals surface area contributed by atoms with Crippen molar-refractivity contribution in [2.24, 2.45) is 0 Å². The van der Waals surface area contributed by atoms with Gasteiger partial charge in [-0.2, -0.15) is 0 Å². The summed E-state index contributed by atoms with van der Waals surface area (Å²) in [5.74, 6) is 0.0627. The smallest absolute Gasteiger partial charge is 0.256 e. The van der Waals surface area contributed by atoms with Gasteiger partial charge in [-0.1, -0.05) is 34.1 Å². The summed E-state index contributed by atoms with van der Waals surface area (Å²) in [6.07, 6.45) is 2.69. The van der Waals surface area contributed by atoms with Crippen LogP contribution >= 0.6 is 15.9 Å². The Bertz CT molecular complexity index is 566. The molecular weight excluding hydrogens is 304 g/mol. The van der Waals surface area contributed by atoms with Crippen LogP contribution in [0.1, 0.15) is 23.7 Å². The molecule has 0 fully saturated rings. The van der Waals surface area contributed by atoms with Gasteiger partial charge in [0.1, 0.15) is 0 Å². The van der Waals surface area contributed by atoms with Gasteiger partial charge in [0.2, 0.25) is 0 Å². The number of aromatic nitrogens is 1. The van der Waals surface area contributed by atoms with E-state index in [1.165, 1.54) is 0 Å². The van der Waals surface area contributed by atoms with E-state index in [0.29, 0.717) is 5.56 Å². The van der Waals surface area contributed by atoms with Crippen molar-refractivity contribution in [1.82, 2.24) is 9.88 Å². The molecule has 19 heavy (non-hydrogen) atoms. The number of alkyl halides is 1. The molecule has 3 nitrogen and oxygen atoms in total. The number of carbonyl (C=O) groups excluding carboxylic acids is 1. The van der Waals surface area contributed by atoms with Gasteiger partial charge in [-0.25, -0.2) is 0 Å². The number of benzene rings is 1. The van der Waals surface area contributed by atoms with Crippen LogP contribution in [0.4, 0.5) is 0 Å². The van der Waals surface area contributed by atoms with E-state index in [9.17, 15) is 4.79 Å². The molecule has 0 N–H and O–H groups in total. The fourth-order valence-electron chi connectivity index (χ4n) is 2.10. The van der Waals surface area contributed by atoms with Crippen molar-refractivity contribution in [1.29, 1.82) is 0 Å². The summed E-state index contributed by atoms with van der Waals surface area (Å²) in [6, 6.07) is 9.62. The van der Waals surface area contributed by atoms with Crippen LogP contribution in [0.25, 0.3) is 10.9 Å². The summed E-state index contributed by atoms with van der Waals surface area (Å²) in [4.78, 5) is 18.8. The Balaban J connectivity index is 2.35. The third-order valence-electron chi connectivity index (χ3n) is 3.09. The lowest BCUT2D eigenvalue weighted by Crippen LogP contribution is -2.32. The lowest BCUT2D eigenvalue weighted by molar-refractivity contribution is 0.0767. The maximum absolute atomic E-state index is 12.6. The SMILES string of the molecule is CCN(CCCBr)C(=O)c1cccc2cccnc12. The molecule has 0 spiro atoms. The van der Waals surface area contributed by atoms with E-state index in [1.54, 1.807) is 6.20 Å². The van der Waals surface area contributed by atoms with Crippen molar-refractivity contribution in [3.63, 3.8) is 0 Å². The normalized spacial score (nSPS) is 10.6. The van der Waals surface area contributed by atoms with Crippen LogP contribution < -0.4 is 0 Å². The van der Waals surface area contributed by atoms with Crippen molar-refractivity contribution in [2.75, 3.05) is 18.4 Å². The number of fused-ring (bicyclic) bond motifs is 1. The molecule has 0 aliphatic carbocycles. The van der Waals surface area contributed by atoms with Gasteiger partial charge in [-0.3, -0.25) is 9.78 Å². The minimum absolute atomic E-state index is 0.0627. The summed E-state index contributed by atoms with van der Waals surface area (Å²) < 4.78 is 0. The van der Waals surface area contributed by atoms with Crippen molar-refractivity contribution in [3.8, 4) is 0 Å². The number of amides is 1. The van der Waals surface area contributed by atoms with Gasteiger partial charge in [-0.05, 0) is 25.5 Å². The molecule has 0 radical (unpaired) electrons. The molecule has 2 rings (SSSR count). The number of hydrogen-bond donors (Lipinski definition) is 0. The predicted molar refractivity (Wildman–Crippen MR) is 81.7 cm³/mol. The zero-order chi connectivity index (χ0) is 13.7. The van der Waals surface area contributed by atoms with E-state index >= 15 is 0 Å². The van der Waals surface area contributed by atoms with Crippen molar-refractivity contribution in [2.45, 2.75) is 13.3 Å². The van der Waals surface area contributed by atoms with Crippen LogP contribution in [0, 0.1) is 0 Å². The minimum atomic E-state index is 0.0627. The van der Waals surface area contributed by atoms with Crippen LogP contribution in [0.2, 0.25) is 0 Å². The third-order valence-corrected chi connectivity index (χ3v) is 3.65. The number of pyridine rings is 1. The first-order valence-corrected chi connectivity index (χ1v) is 7.59. The molecule has 0 bridgehead atoms.